The van der Waals surface area contributed by atoms with Crippen LogP contribution < -0.4 is 9.47 Å². The van der Waals surface area contributed by atoms with Crippen molar-refractivity contribution in [3.8, 4) is 22.9 Å². The van der Waals surface area contributed by atoms with Gasteiger partial charge in [0.1, 0.15) is 5.75 Å². The summed E-state index contributed by atoms with van der Waals surface area (Å²) < 4.78 is 11.6. The van der Waals surface area contributed by atoms with Crippen LogP contribution in [0, 0.1) is 0 Å². The maximum absolute atomic E-state index is 5.90. The first-order valence-corrected chi connectivity index (χ1v) is 13.6. The first-order chi connectivity index (χ1) is 16.8. The summed E-state index contributed by atoms with van der Waals surface area (Å²) in [5.41, 5.74) is 2.07. The van der Waals surface area contributed by atoms with Crippen molar-refractivity contribution in [1.82, 2.24) is 9.97 Å². The van der Waals surface area contributed by atoms with Crippen LogP contribution in [0.15, 0.2) is 49.3 Å². The number of aromatic nitrogens is 2. The van der Waals surface area contributed by atoms with E-state index >= 15 is 0 Å². The van der Waals surface area contributed by atoms with Gasteiger partial charge in [-0.25, -0.2) is 9.97 Å². The van der Waals surface area contributed by atoms with Crippen molar-refractivity contribution < 1.29 is 9.47 Å². The number of allylic oxidation sites excluding steroid dienone is 1. The molecular weight excluding hydrogens is 420 g/mol. The largest absolute Gasteiger partial charge is 0.494 e. The molecule has 0 N–H and O–H groups in total. The van der Waals surface area contributed by atoms with Gasteiger partial charge in [-0.15, -0.1) is 6.58 Å². The SMILES string of the molecule is C=CCCCCCCCCCOc1ccc(-c2cnc(OCCCCCCCCC)nc2)cc1. The highest BCUT2D eigenvalue weighted by Crippen LogP contribution is 2.22. The highest BCUT2D eigenvalue weighted by atomic mass is 16.5. The van der Waals surface area contributed by atoms with E-state index in [0.717, 1.165) is 42.7 Å². The molecule has 1 heterocycles. The van der Waals surface area contributed by atoms with Crippen LogP contribution in [0.1, 0.15) is 103 Å². The highest BCUT2D eigenvalue weighted by molar-refractivity contribution is 5.62. The molecule has 0 aliphatic heterocycles. The molecule has 34 heavy (non-hydrogen) atoms. The van der Waals surface area contributed by atoms with Gasteiger partial charge in [0.25, 0.3) is 0 Å². The molecule has 0 amide bonds. The lowest BCUT2D eigenvalue weighted by atomic mass is 10.1. The molecule has 0 spiro atoms. The zero-order chi connectivity index (χ0) is 24.1. The quantitative estimate of drug-likeness (QED) is 0.136. The van der Waals surface area contributed by atoms with Crippen LogP contribution in [0.2, 0.25) is 0 Å². The number of rotatable bonds is 21. The lowest BCUT2D eigenvalue weighted by molar-refractivity contribution is 0.281. The molecule has 4 nitrogen and oxygen atoms in total. The minimum absolute atomic E-state index is 0.464. The van der Waals surface area contributed by atoms with E-state index in [0.29, 0.717) is 12.6 Å². The number of hydrogen-bond donors (Lipinski definition) is 0. The summed E-state index contributed by atoms with van der Waals surface area (Å²) >= 11 is 0. The van der Waals surface area contributed by atoms with Gasteiger partial charge in [-0.1, -0.05) is 95.8 Å². The van der Waals surface area contributed by atoms with Gasteiger partial charge in [0.15, 0.2) is 0 Å². The van der Waals surface area contributed by atoms with E-state index in [1.807, 2.05) is 30.6 Å². The molecule has 188 valence electrons. The average Bonchev–Trinajstić information content (AvgIpc) is 2.87. The zero-order valence-electron chi connectivity index (χ0n) is 21.5. The molecule has 0 radical (unpaired) electrons. The molecule has 1 aromatic carbocycles. The molecule has 0 aliphatic carbocycles. The van der Waals surface area contributed by atoms with Gasteiger partial charge in [-0.05, 0) is 43.4 Å². The van der Waals surface area contributed by atoms with Crippen LogP contribution >= 0.6 is 0 Å². The maximum Gasteiger partial charge on any atom is 0.316 e. The fourth-order valence-corrected chi connectivity index (χ4v) is 3.97. The summed E-state index contributed by atoms with van der Waals surface area (Å²) in [6.45, 7) is 7.50. The van der Waals surface area contributed by atoms with Crippen LogP contribution in [0.25, 0.3) is 11.1 Å². The Kier molecular flexibility index (Phi) is 15.6. The van der Waals surface area contributed by atoms with E-state index in [4.69, 9.17) is 9.47 Å². The Balaban J connectivity index is 1.57. The Hall–Kier alpha value is -2.36. The maximum atomic E-state index is 5.90. The highest BCUT2D eigenvalue weighted by Gasteiger charge is 2.03. The first-order valence-electron chi connectivity index (χ1n) is 13.6. The van der Waals surface area contributed by atoms with Gasteiger partial charge in [0.05, 0.1) is 13.2 Å². The van der Waals surface area contributed by atoms with Gasteiger partial charge >= 0.3 is 6.01 Å². The molecule has 0 saturated carbocycles. The summed E-state index contributed by atoms with van der Waals surface area (Å²) in [4.78, 5) is 8.75. The van der Waals surface area contributed by atoms with Crippen molar-refractivity contribution in [2.24, 2.45) is 0 Å². The Morgan fingerprint density at radius 1 is 0.647 bits per heavy atom. The Bertz CT molecular complexity index is 743. The molecule has 2 rings (SSSR count). The third kappa shape index (κ3) is 12.8. The van der Waals surface area contributed by atoms with Crippen LogP contribution in [-0.4, -0.2) is 23.2 Å². The van der Waals surface area contributed by atoms with Crippen LogP contribution in [0.3, 0.4) is 0 Å². The Labute approximate surface area is 208 Å². The molecule has 2 aromatic rings. The molecule has 0 saturated heterocycles. The van der Waals surface area contributed by atoms with Crippen LogP contribution in [0.4, 0.5) is 0 Å². The van der Waals surface area contributed by atoms with Crippen molar-refractivity contribution in [1.29, 1.82) is 0 Å². The summed E-state index contributed by atoms with van der Waals surface area (Å²) in [5, 5.41) is 0. The van der Waals surface area contributed by atoms with E-state index in [-0.39, 0.29) is 0 Å². The first kappa shape index (κ1) is 27.9. The predicted molar refractivity (Wildman–Crippen MR) is 144 cm³/mol. The zero-order valence-corrected chi connectivity index (χ0v) is 21.5. The summed E-state index contributed by atoms with van der Waals surface area (Å²) in [5.74, 6) is 0.920. The van der Waals surface area contributed by atoms with E-state index in [9.17, 15) is 0 Å². The van der Waals surface area contributed by atoms with Gasteiger partial charge < -0.3 is 9.47 Å². The molecule has 4 heteroatoms. The molecule has 0 atom stereocenters. The van der Waals surface area contributed by atoms with E-state index < -0.39 is 0 Å². The third-order valence-electron chi connectivity index (χ3n) is 6.12. The van der Waals surface area contributed by atoms with Gasteiger partial charge in [-0.2, -0.15) is 0 Å². The molecule has 0 bridgehead atoms. The standard InChI is InChI=1S/C30H46N2O2/c1-3-5-7-9-11-12-14-15-17-23-33-29-21-19-27(20-22-29)28-25-31-30(32-26-28)34-24-18-16-13-10-8-6-4-2/h3,19-22,25-26H,1,4-18,23-24H2,2H3. The van der Waals surface area contributed by atoms with Crippen molar-refractivity contribution >= 4 is 0 Å². The summed E-state index contributed by atoms with van der Waals surface area (Å²) in [6, 6.07) is 8.65. The van der Waals surface area contributed by atoms with Crippen molar-refractivity contribution in [3.05, 3.63) is 49.3 Å². The molecule has 0 unspecified atom stereocenters. The summed E-state index contributed by atoms with van der Waals surface area (Å²) in [6.07, 6.45) is 24.7. The molecule has 1 aromatic heterocycles. The number of nitrogens with zero attached hydrogens (tertiary/aromatic N) is 2. The van der Waals surface area contributed by atoms with Crippen molar-refractivity contribution in [2.75, 3.05) is 13.2 Å². The fraction of sp³-hybridized carbons (Fsp3) is 0.600. The second kappa shape index (κ2) is 19.0. The molecule has 0 fully saturated rings. The van der Waals surface area contributed by atoms with E-state index in [2.05, 4.69) is 35.6 Å². The minimum atomic E-state index is 0.464. The van der Waals surface area contributed by atoms with E-state index in [1.165, 1.54) is 77.0 Å². The second-order valence-corrected chi connectivity index (χ2v) is 9.15. The number of unbranched alkanes of at least 4 members (excludes halogenated alkanes) is 13. The lowest BCUT2D eigenvalue weighted by Crippen LogP contribution is -2.01. The minimum Gasteiger partial charge on any atom is -0.494 e. The monoisotopic (exact) mass is 466 g/mol. The van der Waals surface area contributed by atoms with Crippen LogP contribution in [0.5, 0.6) is 11.8 Å². The number of benzene rings is 1. The Morgan fingerprint density at radius 3 is 1.76 bits per heavy atom. The second-order valence-electron chi connectivity index (χ2n) is 9.15. The lowest BCUT2D eigenvalue weighted by Gasteiger charge is -2.08. The number of ether oxygens (including phenoxy) is 2. The van der Waals surface area contributed by atoms with Crippen LogP contribution in [-0.2, 0) is 0 Å². The smallest absolute Gasteiger partial charge is 0.316 e. The average molecular weight is 467 g/mol. The summed E-state index contributed by atoms with van der Waals surface area (Å²) in [7, 11) is 0. The topological polar surface area (TPSA) is 44.2 Å². The fourth-order valence-electron chi connectivity index (χ4n) is 3.97. The van der Waals surface area contributed by atoms with E-state index in [1.54, 1.807) is 0 Å². The predicted octanol–water partition coefficient (Wildman–Crippen LogP) is 8.96. The third-order valence-corrected chi connectivity index (χ3v) is 6.12. The Morgan fingerprint density at radius 2 is 1.18 bits per heavy atom. The van der Waals surface area contributed by atoms with Gasteiger partial charge in [0, 0.05) is 18.0 Å². The van der Waals surface area contributed by atoms with Gasteiger partial charge in [-0.3, -0.25) is 0 Å². The van der Waals surface area contributed by atoms with Gasteiger partial charge in [0.2, 0.25) is 0 Å². The van der Waals surface area contributed by atoms with Crippen molar-refractivity contribution in [2.45, 2.75) is 103 Å². The molecule has 0 aliphatic rings. The molecular formula is C30H46N2O2. The normalized spacial score (nSPS) is 10.9. The number of hydrogen-bond acceptors (Lipinski definition) is 4. The van der Waals surface area contributed by atoms with Crippen molar-refractivity contribution in [3.63, 3.8) is 0 Å².